The fraction of sp³-hybridized carbons (Fsp3) is 0.364. The third kappa shape index (κ3) is 6.31. The first-order chi connectivity index (χ1) is 16.6. The third-order valence-electron chi connectivity index (χ3n) is 5.35. The molecule has 1 fully saturated rings. The summed E-state index contributed by atoms with van der Waals surface area (Å²) in [5.41, 5.74) is -1.01. The molecule has 1 aliphatic heterocycles. The molecule has 0 saturated carbocycles. The smallest absolute Gasteiger partial charge is 0.338 e. The summed E-state index contributed by atoms with van der Waals surface area (Å²) < 4.78 is 51.8. The summed E-state index contributed by atoms with van der Waals surface area (Å²) in [5.74, 6) is -2.78. The number of non-ortho nitro benzene ring substituents is 1. The fourth-order valence-corrected chi connectivity index (χ4v) is 5.25. The standard InChI is InChI=1S/C22H24FN3O8S/c1-33-19-9-6-15(12-20(19)35(31,32)25-10-4-2-3-5-11-25)22(28)34-14-21(27)24-18-13-16(26(29)30)7-8-17(18)23/h6-9,12-13H,2-5,10-11,14H2,1H3,(H,24,27). The van der Waals surface area contributed by atoms with E-state index in [0.29, 0.717) is 13.1 Å². The first-order valence-corrected chi connectivity index (χ1v) is 12.2. The average Bonchev–Trinajstić information content (AvgIpc) is 3.13. The Morgan fingerprint density at radius 1 is 1.11 bits per heavy atom. The number of carbonyl (C=O) groups excluding carboxylic acids is 2. The molecular formula is C22H24FN3O8S. The monoisotopic (exact) mass is 509 g/mol. The molecule has 2 aromatic carbocycles. The Balaban J connectivity index is 1.72. The van der Waals surface area contributed by atoms with E-state index in [1.807, 2.05) is 0 Å². The molecular weight excluding hydrogens is 485 g/mol. The number of nitro benzene ring substituents is 1. The minimum absolute atomic E-state index is 0.0599. The number of nitro groups is 1. The van der Waals surface area contributed by atoms with Crippen LogP contribution in [-0.2, 0) is 19.6 Å². The Kier molecular flexibility index (Phi) is 8.35. The van der Waals surface area contributed by atoms with Crippen LogP contribution in [0, 0.1) is 15.9 Å². The lowest BCUT2D eigenvalue weighted by molar-refractivity contribution is -0.384. The van der Waals surface area contributed by atoms with Crippen molar-refractivity contribution in [3.05, 3.63) is 57.9 Å². The molecule has 1 N–H and O–H groups in total. The molecule has 0 unspecified atom stereocenters. The molecule has 35 heavy (non-hydrogen) atoms. The first-order valence-electron chi connectivity index (χ1n) is 10.7. The summed E-state index contributed by atoms with van der Waals surface area (Å²) in [6.07, 6.45) is 3.31. The van der Waals surface area contributed by atoms with Gasteiger partial charge in [-0.15, -0.1) is 0 Å². The van der Waals surface area contributed by atoms with Crippen molar-refractivity contribution in [3.8, 4) is 5.75 Å². The summed E-state index contributed by atoms with van der Waals surface area (Å²) in [4.78, 5) is 34.5. The van der Waals surface area contributed by atoms with Crippen LogP contribution in [0.25, 0.3) is 0 Å². The molecule has 1 amide bonds. The van der Waals surface area contributed by atoms with Gasteiger partial charge in [0.1, 0.15) is 16.5 Å². The second-order valence-electron chi connectivity index (χ2n) is 7.73. The van der Waals surface area contributed by atoms with Crippen LogP contribution < -0.4 is 10.1 Å². The number of benzene rings is 2. The number of methoxy groups -OCH3 is 1. The van der Waals surface area contributed by atoms with Crippen LogP contribution in [0.4, 0.5) is 15.8 Å². The van der Waals surface area contributed by atoms with Crippen LogP contribution in [0.2, 0.25) is 0 Å². The minimum Gasteiger partial charge on any atom is -0.495 e. The number of hydrogen-bond donors (Lipinski definition) is 1. The van der Waals surface area contributed by atoms with E-state index in [1.54, 1.807) is 0 Å². The highest BCUT2D eigenvalue weighted by Gasteiger charge is 2.29. The summed E-state index contributed by atoms with van der Waals surface area (Å²) in [7, 11) is -2.64. The molecule has 3 rings (SSSR count). The van der Waals surface area contributed by atoms with Gasteiger partial charge >= 0.3 is 5.97 Å². The average molecular weight is 510 g/mol. The van der Waals surface area contributed by atoms with Gasteiger partial charge in [-0.2, -0.15) is 4.31 Å². The van der Waals surface area contributed by atoms with E-state index >= 15 is 0 Å². The fourth-order valence-electron chi connectivity index (χ4n) is 3.55. The molecule has 0 aromatic heterocycles. The number of esters is 1. The molecule has 0 atom stereocenters. The molecule has 13 heteroatoms. The molecule has 188 valence electrons. The Morgan fingerprint density at radius 3 is 2.43 bits per heavy atom. The van der Waals surface area contributed by atoms with Crippen molar-refractivity contribution < 1.29 is 36.8 Å². The topological polar surface area (TPSA) is 145 Å². The normalized spacial score (nSPS) is 14.6. The molecule has 0 bridgehead atoms. The molecule has 1 saturated heterocycles. The van der Waals surface area contributed by atoms with Gasteiger partial charge in [-0.3, -0.25) is 14.9 Å². The molecule has 0 radical (unpaired) electrons. The van der Waals surface area contributed by atoms with E-state index in [4.69, 9.17) is 9.47 Å². The van der Waals surface area contributed by atoms with Crippen LogP contribution in [-0.4, -0.2) is 56.3 Å². The van der Waals surface area contributed by atoms with Crippen molar-refractivity contribution in [2.45, 2.75) is 30.6 Å². The lowest BCUT2D eigenvalue weighted by Crippen LogP contribution is -2.32. The van der Waals surface area contributed by atoms with Crippen LogP contribution in [0.15, 0.2) is 41.3 Å². The van der Waals surface area contributed by atoms with Crippen LogP contribution in [0.1, 0.15) is 36.0 Å². The van der Waals surface area contributed by atoms with Gasteiger partial charge < -0.3 is 14.8 Å². The molecule has 2 aromatic rings. The largest absolute Gasteiger partial charge is 0.495 e. The predicted molar refractivity (Wildman–Crippen MR) is 122 cm³/mol. The maximum Gasteiger partial charge on any atom is 0.338 e. The lowest BCUT2D eigenvalue weighted by atomic mass is 10.2. The van der Waals surface area contributed by atoms with Gasteiger partial charge in [0.2, 0.25) is 10.0 Å². The Bertz CT molecular complexity index is 1230. The molecule has 11 nitrogen and oxygen atoms in total. The summed E-state index contributed by atoms with van der Waals surface area (Å²) in [6.45, 7) is -0.121. The number of halogens is 1. The van der Waals surface area contributed by atoms with E-state index in [0.717, 1.165) is 49.9 Å². The summed E-state index contributed by atoms with van der Waals surface area (Å²) >= 11 is 0. The van der Waals surface area contributed by atoms with Crippen molar-refractivity contribution in [2.75, 3.05) is 32.1 Å². The van der Waals surface area contributed by atoms with Gasteiger partial charge in [0.05, 0.1) is 23.3 Å². The van der Waals surface area contributed by atoms with Crippen molar-refractivity contribution in [3.63, 3.8) is 0 Å². The maximum atomic E-state index is 13.8. The molecule has 1 aliphatic rings. The maximum absolute atomic E-state index is 13.8. The number of sulfonamides is 1. The van der Waals surface area contributed by atoms with Crippen molar-refractivity contribution >= 4 is 33.3 Å². The summed E-state index contributed by atoms with van der Waals surface area (Å²) in [5, 5.41) is 12.9. The van der Waals surface area contributed by atoms with E-state index in [2.05, 4.69) is 5.32 Å². The second kappa shape index (κ2) is 11.2. The number of hydrogen-bond acceptors (Lipinski definition) is 8. The van der Waals surface area contributed by atoms with Crippen LogP contribution in [0.5, 0.6) is 5.75 Å². The number of ether oxygens (including phenoxy) is 2. The molecule has 0 spiro atoms. The second-order valence-corrected chi connectivity index (χ2v) is 9.64. The Labute approximate surface area is 201 Å². The SMILES string of the molecule is COc1ccc(C(=O)OCC(=O)Nc2cc([N+](=O)[O-])ccc2F)cc1S(=O)(=O)N1CCCCCC1. The highest BCUT2D eigenvalue weighted by Crippen LogP contribution is 2.29. The van der Waals surface area contributed by atoms with Gasteiger partial charge in [-0.05, 0) is 37.1 Å². The van der Waals surface area contributed by atoms with Crippen LogP contribution >= 0.6 is 0 Å². The van der Waals surface area contributed by atoms with Crippen molar-refractivity contribution in [1.82, 2.24) is 4.31 Å². The van der Waals surface area contributed by atoms with Gasteiger partial charge in [-0.1, -0.05) is 12.8 Å². The van der Waals surface area contributed by atoms with Gasteiger partial charge in [0, 0.05) is 25.2 Å². The number of carbonyl (C=O) groups is 2. The van der Waals surface area contributed by atoms with Gasteiger partial charge in [0.25, 0.3) is 11.6 Å². The van der Waals surface area contributed by atoms with Crippen molar-refractivity contribution in [2.24, 2.45) is 0 Å². The summed E-state index contributed by atoms with van der Waals surface area (Å²) in [6, 6.07) is 6.33. The number of rotatable bonds is 8. The zero-order chi connectivity index (χ0) is 25.6. The quantitative estimate of drug-likeness (QED) is 0.325. The van der Waals surface area contributed by atoms with E-state index < -0.39 is 50.6 Å². The predicted octanol–water partition coefficient (Wildman–Crippen LogP) is 3.10. The Hall–Kier alpha value is -3.58. The number of nitrogens with one attached hydrogen (secondary N) is 1. The van der Waals surface area contributed by atoms with E-state index in [9.17, 15) is 32.5 Å². The van der Waals surface area contributed by atoms with Gasteiger partial charge in [0.15, 0.2) is 6.61 Å². The first kappa shape index (κ1) is 26.0. The third-order valence-corrected chi connectivity index (χ3v) is 7.27. The molecule has 1 heterocycles. The lowest BCUT2D eigenvalue weighted by Gasteiger charge is -2.21. The Morgan fingerprint density at radius 2 is 1.80 bits per heavy atom. The van der Waals surface area contributed by atoms with Crippen LogP contribution in [0.3, 0.4) is 0 Å². The number of nitrogens with zero attached hydrogens (tertiary/aromatic N) is 2. The highest BCUT2D eigenvalue weighted by atomic mass is 32.2. The zero-order valence-electron chi connectivity index (χ0n) is 18.9. The minimum atomic E-state index is -3.95. The van der Waals surface area contributed by atoms with E-state index in [1.165, 1.54) is 23.5 Å². The number of amides is 1. The highest BCUT2D eigenvalue weighted by molar-refractivity contribution is 7.89. The molecule has 0 aliphatic carbocycles. The zero-order valence-corrected chi connectivity index (χ0v) is 19.7. The van der Waals surface area contributed by atoms with Gasteiger partial charge in [-0.25, -0.2) is 17.6 Å². The van der Waals surface area contributed by atoms with E-state index in [-0.39, 0.29) is 16.2 Å². The number of anilines is 1. The van der Waals surface area contributed by atoms with Crippen molar-refractivity contribution in [1.29, 1.82) is 0 Å².